The Kier molecular flexibility index (Phi) is 5.22. The van der Waals surface area contributed by atoms with Gasteiger partial charge in [0.05, 0.1) is 0 Å². The molecule has 0 radical (unpaired) electrons. The van der Waals surface area contributed by atoms with Crippen LogP contribution in [-0.2, 0) is 0 Å². The molecule has 1 saturated carbocycles. The van der Waals surface area contributed by atoms with Gasteiger partial charge >= 0.3 is 6.03 Å². The third-order valence-electron chi connectivity index (χ3n) is 4.40. The van der Waals surface area contributed by atoms with Crippen molar-refractivity contribution in [2.75, 3.05) is 25.9 Å². The molecule has 0 aromatic carbocycles. The fourth-order valence-corrected chi connectivity index (χ4v) is 4.01. The predicted molar refractivity (Wildman–Crippen MR) is 78.2 cm³/mol. The number of hydrogen-bond acceptors (Lipinski definition) is 2. The summed E-state index contributed by atoms with van der Waals surface area (Å²) in [5, 5.41) is 3.18. The molecule has 2 fully saturated rings. The van der Waals surface area contributed by atoms with Crippen molar-refractivity contribution >= 4 is 17.8 Å². The fraction of sp³-hybridized carbons (Fsp3) is 0.929. The Balaban J connectivity index is 1.79. The normalized spacial score (nSPS) is 23.7. The summed E-state index contributed by atoms with van der Waals surface area (Å²) < 4.78 is 0.309. The lowest BCUT2D eigenvalue weighted by molar-refractivity contribution is 0.184. The fourth-order valence-electron chi connectivity index (χ4n) is 3.09. The van der Waals surface area contributed by atoms with E-state index in [0.29, 0.717) is 4.75 Å². The lowest BCUT2D eigenvalue weighted by Crippen LogP contribution is -2.48. The highest BCUT2D eigenvalue weighted by Crippen LogP contribution is 2.37. The van der Waals surface area contributed by atoms with Crippen LogP contribution in [0.5, 0.6) is 0 Å². The van der Waals surface area contributed by atoms with E-state index in [9.17, 15) is 4.79 Å². The van der Waals surface area contributed by atoms with E-state index < -0.39 is 0 Å². The Bertz CT molecular complexity index is 271. The molecule has 3 nitrogen and oxygen atoms in total. The summed E-state index contributed by atoms with van der Waals surface area (Å²) in [6, 6.07) is 0.161. The number of nitrogens with zero attached hydrogens (tertiary/aromatic N) is 1. The van der Waals surface area contributed by atoms with Crippen LogP contribution in [0.25, 0.3) is 0 Å². The van der Waals surface area contributed by atoms with Crippen LogP contribution in [0.1, 0.15) is 51.4 Å². The third-order valence-corrected chi connectivity index (χ3v) is 5.82. The van der Waals surface area contributed by atoms with Gasteiger partial charge in [-0.2, -0.15) is 11.8 Å². The average molecular weight is 270 g/mol. The Morgan fingerprint density at radius 3 is 2.33 bits per heavy atom. The van der Waals surface area contributed by atoms with Gasteiger partial charge in [0.2, 0.25) is 0 Å². The van der Waals surface area contributed by atoms with Gasteiger partial charge in [0.15, 0.2) is 0 Å². The molecule has 1 saturated heterocycles. The number of likely N-dealkylation sites (tertiary alicyclic amines) is 1. The SMILES string of the molecule is CSC1(CNC(=O)N2CCCCC2)CCCCC1. The van der Waals surface area contributed by atoms with Crippen molar-refractivity contribution in [2.24, 2.45) is 0 Å². The quantitative estimate of drug-likeness (QED) is 0.854. The molecule has 1 aliphatic carbocycles. The van der Waals surface area contributed by atoms with Crippen molar-refractivity contribution in [2.45, 2.75) is 56.1 Å². The molecule has 0 atom stereocenters. The molecule has 0 bridgehead atoms. The van der Waals surface area contributed by atoms with E-state index in [2.05, 4.69) is 11.6 Å². The Hall–Kier alpha value is -0.380. The lowest BCUT2D eigenvalue weighted by atomic mass is 9.88. The van der Waals surface area contributed by atoms with Gasteiger partial charge < -0.3 is 10.2 Å². The predicted octanol–water partition coefficient (Wildman–Crippen LogP) is 3.25. The first kappa shape index (κ1) is 14.0. The summed E-state index contributed by atoms with van der Waals surface area (Å²) in [7, 11) is 0. The molecular weight excluding hydrogens is 244 g/mol. The van der Waals surface area contributed by atoms with Crippen molar-refractivity contribution in [3.05, 3.63) is 0 Å². The van der Waals surface area contributed by atoms with Crippen LogP contribution in [0.3, 0.4) is 0 Å². The summed E-state index contributed by atoms with van der Waals surface area (Å²) in [6.45, 7) is 2.74. The standard InChI is InChI=1S/C14H26N2OS/c1-18-14(8-4-2-5-9-14)12-15-13(17)16-10-6-3-7-11-16/h2-12H2,1H3,(H,15,17). The second kappa shape index (κ2) is 6.69. The van der Waals surface area contributed by atoms with Gasteiger partial charge in [-0.1, -0.05) is 19.3 Å². The highest BCUT2D eigenvalue weighted by Gasteiger charge is 2.32. The molecule has 1 N–H and O–H groups in total. The van der Waals surface area contributed by atoms with E-state index in [-0.39, 0.29) is 6.03 Å². The molecule has 1 aliphatic heterocycles. The van der Waals surface area contributed by atoms with Crippen LogP contribution in [-0.4, -0.2) is 41.6 Å². The largest absolute Gasteiger partial charge is 0.337 e. The molecule has 4 heteroatoms. The number of urea groups is 1. The maximum absolute atomic E-state index is 12.1. The number of carbonyl (C=O) groups is 1. The molecule has 18 heavy (non-hydrogen) atoms. The molecule has 1 heterocycles. The van der Waals surface area contributed by atoms with Gasteiger partial charge in [-0.15, -0.1) is 0 Å². The molecule has 0 unspecified atom stereocenters. The average Bonchev–Trinajstić information content (AvgIpc) is 2.47. The van der Waals surface area contributed by atoms with E-state index in [0.717, 1.165) is 19.6 Å². The third kappa shape index (κ3) is 3.56. The lowest BCUT2D eigenvalue weighted by Gasteiger charge is -2.37. The van der Waals surface area contributed by atoms with Crippen molar-refractivity contribution in [3.63, 3.8) is 0 Å². The molecular formula is C14H26N2OS. The molecule has 0 aromatic rings. The first-order chi connectivity index (χ1) is 8.76. The first-order valence-corrected chi connectivity index (χ1v) is 8.56. The van der Waals surface area contributed by atoms with E-state index in [1.165, 1.54) is 51.4 Å². The van der Waals surface area contributed by atoms with Crippen LogP contribution in [0.4, 0.5) is 4.79 Å². The van der Waals surface area contributed by atoms with E-state index in [1.807, 2.05) is 16.7 Å². The second-order valence-electron chi connectivity index (χ2n) is 5.65. The summed E-state index contributed by atoms with van der Waals surface area (Å²) in [6.07, 6.45) is 12.3. The zero-order chi connectivity index (χ0) is 12.8. The van der Waals surface area contributed by atoms with Crippen molar-refractivity contribution < 1.29 is 4.79 Å². The van der Waals surface area contributed by atoms with Gasteiger partial charge in [0, 0.05) is 24.4 Å². The monoisotopic (exact) mass is 270 g/mol. The van der Waals surface area contributed by atoms with Gasteiger partial charge in [-0.05, 0) is 38.4 Å². The zero-order valence-electron chi connectivity index (χ0n) is 11.5. The zero-order valence-corrected chi connectivity index (χ0v) is 12.4. The van der Waals surface area contributed by atoms with Gasteiger partial charge in [0.1, 0.15) is 0 Å². The maximum atomic E-state index is 12.1. The molecule has 0 spiro atoms. The molecule has 0 aromatic heterocycles. The van der Waals surface area contributed by atoms with Crippen LogP contribution in [0.15, 0.2) is 0 Å². The molecule has 2 aliphatic rings. The van der Waals surface area contributed by atoms with Crippen LogP contribution < -0.4 is 5.32 Å². The van der Waals surface area contributed by atoms with Gasteiger partial charge in [0.25, 0.3) is 0 Å². The Labute approximate surface area is 115 Å². The van der Waals surface area contributed by atoms with Crippen LogP contribution >= 0.6 is 11.8 Å². The summed E-state index contributed by atoms with van der Waals surface area (Å²) >= 11 is 1.95. The van der Waals surface area contributed by atoms with Gasteiger partial charge in [-0.3, -0.25) is 0 Å². The summed E-state index contributed by atoms with van der Waals surface area (Å²) in [4.78, 5) is 14.1. The summed E-state index contributed by atoms with van der Waals surface area (Å²) in [5.74, 6) is 0. The number of thioether (sulfide) groups is 1. The smallest absolute Gasteiger partial charge is 0.317 e. The number of rotatable bonds is 3. The minimum Gasteiger partial charge on any atom is -0.337 e. The molecule has 104 valence electrons. The minimum atomic E-state index is 0.161. The van der Waals surface area contributed by atoms with Crippen LogP contribution in [0, 0.1) is 0 Å². The molecule has 2 rings (SSSR count). The van der Waals surface area contributed by atoms with Crippen molar-refractivity contribution in [1.82, 2.24) is 10.2 Å². The Morgan fingerprint density at radius 1 is 1.11 bits per heavy atom. The number of amides is 2. The number of piperidine rings is 1. The van der Waals surface area contributed by atoms with E-state index in [4.69, 9.17) is 0 Å². The van der Waals surface area contributed by atoms with Gasteiger partial charge in [-0.25, -0.2) is 4.79 Å². The topological polar surface area (TPSA) is 32.3 Å². The van der Waals surface area contributed by atoms with E-state index in [1.54, 1.807) is 0 Å². The summed E-state index contributed by atoms with van der Waals surface area (Å²) in [5.41, 5.74) is 0. The Morgan fingerprint density at radius 2 is 1.72 bits per heavy atom. The van der Waals surface area contributed by atoms with Crippen molar-refractivity contribution in [3.8, 4) is 0 Å². The molecule has 2 amide bonds. The van der Waals surface area contributed by atoms with Crippen molar-refractivity contribution in [1.29, 1.82) is 0 Å². The number of hydrogen-bond donors (Lipinski definition) is 1. The number of carbonyl (C=O) groups excluding carboxylic acids is 1. The highest BCUT2D eigenvalue weighted by molar-refractivity contribution is 8.00. The van der Waals surface area contributed by atoms with Crippen LogP contribution in [0.2, 0.25) is 0 Å². The number of nitrogens with one attached hydrogen (secondary N) is 1. The first-order valence-electron chi connectivity index (χ1n) is 7.34. The minimum absolute atomic E-state index is 0.161. The van der Waals surface area contributed by atoms with E-state index >= 15 is 0 Å². The maximum Gasteiger partial charge on any atom is 0.317 e. The highest BCUT2D eigenvalue weighted by atomic mass is 32.2. The second-order valence-corrected chi connectivity index (χ2v) is 6.93.